The van der Waals surface area contributed by atoms with Crippen LogP contribution in [-0.2, 0) is 20.7 Å². The van der Waals surface area contributed by atoms with Crippen LogP contribution in [0.2, 0.25) is 0 Å². The Hall–Kier alpha value is -2.02. The van der Waals surface area contributed by atoms with Crippen LogP contribution in [0.1, 0.15) is 24.8 Å². The molecule has 1 unspecified atom stereocenters. The van der Waals surface area contributed by atoms with Gasteiger partial charge in [0.05, 0.1) is 6.61 Å². The molecule has 0 aromatic heterocycles. The second kappa shape index (κ2) is 7.70. The quantitative estimate of drug-likeness (QED) is 0.862. The van der Waals surface area contributed by atoms with Crippen molar-refractivity contribution in [3.05, 3.63) is 35.4 Å². The zero-order valence-corrected chi connectivity index (χ0v) is 13.6. The Morgan fingerprint density at radius 1 is 1.38 bits per heavy atom. The number of methoxy groups -OCH3 is 1. The van der Waals surface area contributed by atoms with Crippen LogP contribution in [0, 0.1) is 17.0 Å². The summed E-state index contributed by atoms with van der Waals surface area (Å²) in [4.78, 5) is 25.4. The number of carbonyl (C=O) groups excluding carboxylic acids is 1. The van der Waals surface area contributed by atoms with E-state index in [2.05, 4.69) is 0 Å². The van der Waals surface area contributed by atoms with Crippen LogP contribution in [-0.4, -0.2) is 48.7 Å². The largest absolute Gasteiger partial charge is 0.481 e. The number of hydrogen-bond donors (Lipinski definition) is 1. The van der Waals surface area contributed by atoms with Crippen LogP contribution in [0.4, 0.5) is 8.78 Å². The van der Waals surface area contributed by atoms with Gasteiger partial charge in [-0.25, -0.2) is 8.78 Å². The fourth-order valence-electron chi connectivity index (χ4n) is 3.12. The number of aliphatic carboxylic acids is 1. The number of hydrogen-bond acceptors (Lipinski definition) is 3. The maximum absolute atomic E-state index is 13.6. The van der Waals surface area contributed by atoms with Gasteiger partial charge in [0.15, 0.2) is 11.6 Å². The Morgan fingerprint density at radius 2 is 2.12 bits per heavy atom. The molecule has 1 amide bonds. The number of piperidine rings is 1. The van der Waals surface area contributed by atoms with E-state index < -0.39 is 23.0 Å². The molecular weight excluding hydrogens is 320 g/mol. The van der Waals surface area contributed by atoms with Crippen molar-refractivity contribution in [2.24, 2.45) is 5.41 Å². The topological polar surface area (TPSA) is 66.8 Å². The predicted molar refractivity (Wildman–Crippen MR) is 82.4 cm³/mol. The highest BCUT2D eigenvalue weighted by Gasteiger charge is 2.43. The average Bonchev–Trinajstić information content (AvgIpc) is 2.56. The summed E-state index contributed by atoms with van der Waals surface area (Å²) in [5, 5.41) is 9.49. The van der Waals surface area contributed by atoms with Gasteiger partial charge in [0.25, 0.3) is 0 Å². The number of nitrogens with zero attached hydrogens (tertiary/aromatic N) is 1. The molecule has 1 heterocycles. The van der Waals surface area contributed by atoms with E-state index in [9.17, 15) is 23.5 Å². The Bertz CT molecular complexity index is 619. The van der Waals surface area contributed by atoms with Crippen molar-refractivity contribution in [2.45, 2.75) is 25.7 Å². The zero-order valence-electron chi connectivity index (χ0n) is 13.6. The summed E-state index contributed by atoms with van der Waals surface area (Å²) in [7, 11) is 1.43. The lowest BCUT2D eigenvalue weighted by atomic mass is 9.80. The van der Waals surface area contributed by atoms with Gasteiger partial charge in [0.1, 0.15) is 5.41 Å². The van der Waals surface area contributed by atoms with Crippen LogP contribution in [0.25, 0.3) is 0 Å². The normalized spacial score (nSPS) is 20.9. The minimum absolute atomic E-state index is 0.00303. The van der Waals surface area contributed by atoms with Crippen molar-refractivity contribution < 1.29 is 28.2 Å². The highest BCUT2D eigenvalue weighted by molar-refractivity contribution is 5.80. The second-order valence-corrected chi connectivity index (χ2v) is 6.15. The number of ether oxygens (including phenoxy) is 1. The summed E-state index contributed by atoms with van der Waals surface area (Å²) < 4.78 is 31.8. The van der Waals surface area contributed by atoms with Gasteiger partial charge in [-0.05, 0) is 30.9 Å². The van der Waals surface area contributed by atoms with Crippen LogP contribution in [0.15, 0.2) is 18.2 Å². The number of aryl methyl sites for hydroxylation is 1. The summed E-state index contributed by atoms with van der Waals surface area (Å²) in [5.74, 6) is -3.13. The number of benzene rings is 1. The maximum atomic E-state index is 13.6. The molecule has 1 aliphatic heterocycles. The third-order valence-electron chi connectivity index (χ3n) is 4.44. The number of amides is 1. The highest BCUT2D eigenvalue weighted by Crippen LogP contribution is 2.31. The molecule has 2 rings (SSSR count). The van der Waals surface area contributed by atoms with Gasteiger partial charge in [-0.2, -0.15) is 0 Å². The first-order valence-corrected chi connectivity index (χ1v) is 7.82. The Kier molecular flexibility index (Phi) is 5.88. The van der Waals surface area contributed by atoms with Crippen molar-refractivity contribution in [1.29, 1.82) is 0 Å². The first-order valence-electron chi connectivity index (χ1n) is 7.82. The lowest BCUT2D eigenvalue weighted by molar-refractivity contribution is -0.159. The molecule has 7 heteroatoms. The molecule has 0 radical (unpaired) electrons. The number of rotatable bonds is 6. The van der Waals surface area contributed by atoms with E-state index in [0.717, 1.165) is 6.07 Å². The fourth-order valence-corrected chi connectivity index (χ4v) is 3.12. The molecule has 1 saturated heterocycles. The van der Waals surface area contributed by atoms with E-state index in [1.807, 2.05) is 0 Å². The molecule has 132 valence electrons. The molecule has 1 N–H and O–H groups in total. The van der Waals surface area contributed by atoms with Gasteiger partial charge in [-0.1, -0.05) is 12.1 Å². The van der Waals surface area contributed by atoms with Gasteiger partial charge >= 0.3 is 5.97 Å². The molecule has 0 aliphatic carbocycles. The van der Waals surface area contributed by atoms with Crippen LogP contribution in [0.5, 0.6) is 0 Å². The number of carboxylic acids is 1. The monoisotopic (exact) mass is 341 g/mol. The van der Waals surface area contributed by atoms with Crippen LogP contribution in [0.3, 0.4) is 0 Å². The number of halogens is 2. The van der Waals surface area contributed by atoms with Crippen molar-refractivity contribution in [3.63, 3.8) is 0 Å². The number of carboxylic acid groups (broad SMARTS) is 1. The van der Waals surface area contributed by atoms with E-state index in [1.165, 1.54) is 24.1 Å². The highest BCUT2D eigenvalue weighted by atomic mass is 19.2. The number of likely N-dealkylation sites (tertiary alicyclic amines) is 1. The molecule has 24 heavy (non-hydrogen) atoms. The minimum atomic E-state index is -1.10. The Labute approximate surface area is 139 Å². The van der Waals surface area contributed by atoms with Crippen LogP contribution < -0.4 is 0 Å². The van der Waals surface area contributed by atoms with E-state index in [-0.39, 0.29) is 37.5 Å². The first kappa shape index (κ1) is 18.3. The van der Waals surface area contributed by atoms with Crippen molar-refractivity contribution in [2.75, 3.05) is 26.8 Å². The number of carbonyl (C=O) groups is 2. The molecular formula is C17H21F2NO4. The van der Waals surface area contributed by atoms with Crippen LogP contribution >= 0.6 is 0 Å². The summed E-state index contributed by atoms with van der Waals surface area (Å²) in [6.07, 6.45) is 1.08. The van der Waals surface area contributed by atoms with E-state index >= 15 is 0 Å². The lowest BCUT2D eigenvalue weighted by Gasteiger charge is -2.39. The molecule has 1 aromatic rings. The molecule has 1 fully saturated rings. The van der Waals surface area contributed by atoms with Gasteiger partial charge in [0.2, 0.25) is 5.91 Å². The van der Waals surface area contributed by atoms with Crippen molar-refractivity contribution in [3.8, 4) is 0 Å². The third-order valence-corrected chi connectivity index (χ3v) is 4.44. The fraction of sp³-hybridized carbons (Fsp3) is 0.529. The minimum Gasteiger partial charge on any atom is -0.481 e. The molecule has 0 spiro atoms. The molecule has 1 aliphatic rings. The Morgan fingerprint density at radius 3 is 2.79 bits per heavy atom. The Balaban J connectivity index is 2.01. The van der Waals surface area contributed by atoms with E-state index in [1.54, 1.807) is 0 Å². The predicted octanol–water partition coefficient (Wildman–Crippen LogP) is 2.24. The van der Waals surface area contributed by atoms with Gasteiger partial charge in [0, 0.05) is 26.6 Å². The molecule has 1 atom stereocenters. The summed E-state index contributed by atoms with van der Waals surface area (Å²) in [6.45, 7) is 0.564. The van der Waals surface area contributed by atoms with Crippen molar-refractivity contribution in [1.82, 2.24) is 4.90 Å². The molecule has 5 nitrogen and oxygen atoms in total. The van der Waals surface area contributed by atoms with Gasteiger partial charge < -0.3 is 14.7 Å². The lowest BCUT2D eigenvalue weighted by Crippen LogP contribution is -2.52. The zero-order chi connectivity index (χ0) is 17.7. The van der Waals surface area contributed by atoms with E-state index in [4.69, 9.17) is 4.74 Å². The first-order chi connectivity index (χ1) is 11.4. The smallest absolute Gasteiger partial charge is 0.313 e. The second-order valence-electron chi connectivity index (χ2n) is 6.15. The standard InChI is InChI=1S/C17H21F2NO4/c1-24-11-17(16(22)23)8-3-9-20(10-17)14(21)7-6-12-4-2-5-13(18)15(12)19/h2,4-5H,3,6-11H2,1H3,(H,22,23). The molecule has 0 saturated carbocycles. The third kappa shape index (κ3) is 3.90. The molecule has 1 aromatic carbocycles. The molecule has 0 bridgehead atoms. The van der Waals surface area contributed by atoms with E-state index in [0.29, 0.717) is 19.4 Å². The summed E-state index contributed by atoms with van der Waals surface area (Å²) in [5.41, 5.74) is -0.964. The summed E-state index contributed by atoms with van der Waals surface area (Å²) in [6, 6.07) is 3.86. The van der Waals surface area contributed by atoms with Crippen molar-refractivity contribution >= 4 is 11.9 Å². The summed E-state index contributed by atoms with van der Waals surface area (Å²) >= 11 is 0. The average molecular weight is 341 g/mol. The van der Waals surface area contributed by atoms with Gasteiger partial charge in [-0.15, -0.1) is 0 Å². The van der Waals surface area contributed by atoms with Gasteiger partial charge in [-0.3, -0.25) is 9.59 Å². The SMILES string of the molecule is COCC1(C(=O)O)CCCN(C(=O)CCc2cccc(F)c2F)C1. The maximum Gasteiger partial charge on any atom is 0.313 e.